The monoisotopic (exact) mass is 251 g/mol. The molecule has 102 valence electrons. The van der Waals surface area contributed by atoms with Gasteiger partial charge in [-0.1, -0.05) is 19.0 Å². The van der Waals surface area contributed by atoms with Crippen LogP contribution in [0.1, 0.15) is 51.0 Å². The van der Waals surface area contributed by atoms with E-state index in [0.29, 0.717) is 12.0 Å². The van der Waals surface area contributed by atoms with Gasteiger partial charge in [-0.3, -0.25) is 0 Å². The van der Waals surface area contributed by atoms with Gasteiger partial charge in [-0.2, -0.15) is 0 Å². The van der Waals surface area contributed by atoms with E-state index in [9.17, 15) is 0 Å². The van der Waals surface area contributed by atoms with Gasteiger partial charge in [0, 0.05) is 31.1 Å². The Hall–Kier alpha value is -0.870. The third kappa shape index (κ3) is 3.82. The minimum Gasteiger partial charge on any atom is -0.361 e. The summed E-state index contributed by atoms with van der Waals surface area (Å²) in [7, 11) is 0. The first-order chi connectivity index (χ1) is 8.72. The van der Waals surface area contributed by atoms with Gasteiger partial charge in [0.2, 0.25) is 0 Å². The van der Waals surface area contributed by atoms with E-state index in [1.54, 1.807) is 0 Å². The van der Waals surface area contributed by atoms with Crippen LogP contribution in [-0.2, 0) is 6.54 Å². The van der Waals surface area contributed by atoms with Gasteiger partial charge in [-0.05, 0) is 32.9 Å². The molecule has 1 aliphatic rings. The standard InChI is InChI=1S/C14H25N3O/c1-4-17(5-2)10-11(3)15-9-13-8-14(18-16-13)12-6-7-12/h8,11-12,15H,4-7,9-10H2,1-3H3. The second kappa shape index (κ2) is 6.34. The lowest BCUT2D eigenvalue weighted by atomic mass is 10.2. The number of hydrogen-bond donors (Lipinski definition) is 1. The summed E-state index contributed by atoms with van der Waals surface area (Å²) >= 11 is 0. The Bertz CT molecular complexity index is 356. The Labute approximate surface area is 110 Å². The van der Waals surface area contributed by atoms with Crippen LogP contribution in [0.2, 0.25) is 0 Å². The van der Waals surface area contributed by atoms with Crippen LogP contribution < -0.4 is 5.32 Å². The van der Waals surface area contributed by atoms with Gasteiger partial charge in [-0.15, -0.1) is 0 Å². The van der Waals surface area contributed by atoms with Crippen molar-refractivity contribution >= 4 is 0 Å². The maximum atomic E-state index is 5.34. The first kappa shape index (κ1) is 13.6. The van der Waals surface area contributed by atoms with Gasteiger partial charge in [0.25, 0.3) is 0 Å². The molecule has 2 rings (SSSR count). The zero-order chi connectivity index (χ0) is 13.0. The molecule has 0 amide bonds. The van der Waals surface area contributed by atoms with Crippen molar-refractivity contribution in [3.8, 4) is 0 Å². The van der Waals surface area contributed by atoms with Crippen molar-refractivity contribution in [3.63, 3.8) is 0 Å². The lowest BCUT2D eigenvalue weighted by Gasteiger charge is -2.23. The first-order valence-electron chi connectivity index (χ1n) is 7.14. The molecule has 0 bridgehead atoms. The molecule has 1 unspecified atom stereocenters. The lowest BCUT2D eigenvalue weighted by molar-refractivity contribution is 0.269. The molecule has 4 heteroatoms. The van der Waals surface area contributed by atoms with E-state index >= 15 is 0 Å². The van der Waals surface area contributed by atoms with Gasteiger partial charge < -0.3 is 14.7 Å². The van der Waals surface area contributed by atoms with E-state index < -0.39 is 0 Å². The molecule has 0 saturated heterocycles. The Morgan fingerprint density at radius 3 is 2.78 bits per heavy atom. The van der Waals surface area contributed by atoms with E-state index in [-0.39, 0.29) is 0 Å². The molecular formula is C14H25N3O. The zero-order valence-electron chi connectivity index (χ0n) is 11.8. The molecule has 0 aromatic carbocycles. The Kier molecular flexibility index (Phi) is 4.78. The van der Waals surface area contributed by atoms with Crippen LogP contribution >= 0.6 is 0 Å². The van der Waals surface area contributed by atoms with Crippen LogP contribution in [0, 0.1) is 0 Å². The van der Waals surface area contributed by atoms with Gasteiger partial charge in [-0.25, -0.2) is 0 Å². The fourth-order valence-corrected chi connectivity index (χ4v) is 2.18. The molecule has 1 saturated carbocycles. The van der Waals surface area contributed by atoms with Crippen LogP contribution in [0.4, 0.5) is 0 Å². The number of aromatic nitrogens is 1. The minimum absolute atomic E-state index is 0.478. The highest BCUT2D eigenvalue weighted by molar-refractivity contribution is 5.14. The van der Waals surface area contributed by atoms with Crippen LogP contribution in [0.5, 0.6) is 0 Å². The molecule has 1 N–H and O–H groups in total. The van der Waals surface area contributed by atoms with Gasteiger partial charge in [0.05, 0.1) is 5.69 Å². The van der Waals surface area contributed by atoms with Gasteiger partial charge in [0.15, 0.2) is 0 Å². The summed E-state index contributed by atoms with van der Waals surface area (Å²) in [5, 5.41) is 7.62. The van der Waals surface area contributed by atoms with Crippen molar-refractivity contribution in [1.82, 2.24) is 15.4 Å². The third-order valence-corrected chi connectivity index (χ3v) is 3.62. The van der Waals surface area contributed by atoms with Gasteiger partial charge >= 0.3 is 0 Å². The van der Waals surface area contributed by atoms with Crippen molar-refractivity contribution in [2.24, 2.45) is 0 Å². The summed E-state index contributed by atoms with van der Waals surface area (Å²) in [4.78, 5) is 2.43. The fourth-order valence-electron chi connectivity index (χ4n) is 2.18. The smallest absolute Gasteiger partial charge is 0.140 e. The van der Waals surface area contributed by atoms with E-state index in [1.165, 1.54) is 12.8 Å². The zero-order valence-corrected chi connectivity index (χ0v) is 11.8. The largest absolute Gasteiger partial charge is 0.361 e. The molecule has 1 heterocycles. The highest BCUT2D eigenvalue weighted by Gasteiger charge is 2.27. The summed E-state index contributed by atoms with van der Waals surface area (Å²) in [6.07, 6.45) is 2.53. The van der Waals surface area contributed by atoms with Crippen LogP contribution in [0.3, 0.4) is 0 Å². The minimum atomic E-state index is 0.478. The predicted molar refractivity (Wildman–Crippen MR) is 72.6 cm³/mol. The van der Waals surface area contributed by atoms with Crippen molar-refractivity contribution in [2.75, 3.05) is 19.6 Å². The maximum absolute atomic E-state index is 5.34. The van der Waals surface area contributed by atoms with Crippen molar-refractivity contribution in [1.29, 1.82) is 0 Å². The van der Waals surface area contributed by atoms with Gasteiger partial charge in [0.1, 0.15) is 5.76 Å². The van der Waals surface area contributed by atoms with Crippen LogP contribution in [-0.4, -0.2) is 35.7 Å². The molecule has 1 aromatic rings. The van der Waals surface area contributed by atoms with E-state index in [2.05, 4.69) is 42.2 Å². The Morgan fingerprint density at radius 1 is 1.44 bits per heavy atom. The highest BCUT2D eigenvalue weighted by Crippen LogP contribution is 2.40. The molecular weight excluding hydrogens is 226 g/mol. The molecule has 4 nitrogen and oxygen atoms in total. The van der Waals surface area contributed by atoms with E-state index in [1.807, 2.05) is 0 Å². The molecule has 0 aliphatic heterocycles. The average molecular weight is 251 g/mol. The summed E-state index contributed by atoms with van der Waals surface area (Å²) in [6, 6.07) is 2.58. The number of likely N-dealkylation sites (N-methyl/N-ethyl adjacent to an activating group) is 1. The molecule has 18 heavy (non-hydrogen) atoms. The summed E-state index contributed by atoms with van der Waals surface area (Å²) < 4.78 is 5.34. The quantitative estimate of drug-likeness (QED) is 0.770. The average Bonchev–Trinajstić information content (AvgIpc) is 3.13. The Balaban J connectivity index is 1.72. The normalized spacial score (nSPS) is 17.3. The number of rotatable bonds is 8. The molecule has 1 fully saturated rings. The van der Waals surface area contributed by atoms with Crippen LogP contribution in [0.25, 0.3) is 0 Å². The molecule has 0 spiro atoms. The van der Waals surface area contributed by atoms with Crippen molar-refractivity contribution < 1.29 is 4.52 Å². The molecule has 1 atom stereocenters. The number of nitrogens with one attached hydrogen (secondary N) is 1. The maximum Gasteiger partial charge on any atom is 0.140 e. The molecule has 1 aliphatic carbocycles. The molecule has 0 radical (unpaired) electrons. The second-order valence-corrected chi connectivity index (χ2v) is 5.26. The number of nitrogens with zero attached hydrogens (tertiary/aromatic N) is 2. The van der Waals surface area contributed by atoms with Crippen molar-refractivity contribution in [2.45, 2.75) is 52.1 Å². The second-order valence-electron chi connectivity index (χ2n) is 5.26. The fraction of sp³-hybridized carbons (Fsp3) is 0.786. The first-order valence-corrected chi connectivity index (χ1v) is 7.14. The highest BCUT2D eigenvalue weighted by atomic mass is 16.5. The topological polar surface area (TPSA) is 41.3 Å². The SMILES string of the molecule is CCN(CC)CC(C)NCc1cc(C2CC2)on1. The van der Waals surface area contributed by atoms with E-state index in [4.69, 9.17) is 4.52 Å². The van der Waals surface area contributed by atoms with Crippen LogP contribution in [0.15, 0.2) is 10.6 Å². The third-order valence-electron chi connectivity index (χ3n) is 3.62. The lowest BCUT2D eigenvalue weighted by Crippen LogP contribution is -2.38. The van der Waals surface area contributed by atoms with E-state index in [0.717, 1.165) is 37.6 Å². The summed E-state index contributed by atoms with van der Waals surface area (Å²) in [5.74, 6) is 1.72. The molecule has 1 aromatic heterocycles. The number of hydrogen-bond acceptors (Lipinski definition) is 4. The Morgan fingerprint density at radius 2 is 2.17 bits per heavy atom. The van der Waals surface area contributed by atoms with Crippen molar-refractivity contribution in [3.05, 3.63) is 17.5 Å². The summed E-state index contributed by atoms with van der Waals surface area (Å²) in [5.41, 5.74) is 1.03. The predicted octanol–water partition coefficient (Wildman–Crippen LogP) is 2.37. The summed E-state index contributed by atoms with van der Waals surface area (Å²) in [6.45, 7) is 10.7.